The molecule has 1 fully saturated rings. The first-order valence-corrected chi connectivity index (χ1v) is 8.80. The van der Waals surface area contributed by atoms with Gasteiger partial charge in [-0.2, -0.15) is 0 Å². The van der Waals surface area contributed by atoms with Crippen LogP contribution in [0, 0.1) is 0 Å². The van der Waals surface area contributed by atoms with Gasteiger partial charge in [0.2, 0.25) is 0 Å². The summed E-state index contributed by atoms with van der Waals surface area (Å²) in [6, 6.07) is 4.07. The second-order valence-electron chi connectivity index (χ2n) is 6.68. The standard InChI is InChI=1S/C18H30N4O/c1-22(2)13-7-12-19-17-11-10-15(14-20-17)18(23)21-16-8-5-3-4-6-9-16/h10-11,14,16H,3-9,12-13H2,1-2H3,(H,19,20)(H,21,23). The molecule has 0 radical (unpaired) electrons. The van der Waals surface area contributed by atoms with E-state index in [0.29, 0.717) is 11.6 Å². The van der Waals surface area contributed by atoms with Crippen LogP contribution in [-0.4, -0.2) is 49.0 Å². The number of nitrogens with one attached hydrogen (secondary N) is 2. The summed E-state index contributed by atoms with van der Waals surface area (Å²) in [4.78, 5) is 18.8. The van der Waals surface area contributed by atoms with Crippen LogP contribution in [0.25, 0.3) is 0 Å². The van der Waals surface area contributed by atoms with Crippen LogP contribution in [0.2, 0.25) is 0 Å². The molecule has 0 bridgehead atoms. The molecule has 2 rings (SSSR count). The molecular weight excluding hydrogens is 288 g/mol. The smallest absolute Gasteiger partial charge is 0.253 e. The van der Waals surface area contributed by atoms with Crippen molar-refractivity contribution in [2.75, 3.05) is 32.5 Å². The highest BCUT2D eigenvalue weighted by Crippen LogP contribution is 2.17. The molecule has 2 N–H and O–H groups in total. The van der Waals surface area contributed by atoms with Gasteiger partial charge in [0, 0.05) is 18.8 Å². The molecule has 5 nitrogen and oxygen atoms in total. The number of carbonyl (C=O) groups is 1. The Morgan fingerprint density at radius 3 is 2.57 bits per heavy atom. The highest BCUT2D eigenvalue weighted by Gasteiger charge is 2.15. The molecule has 0 atom stereocenters. The molecule has 1 aliphatic rings. The van der Waals surface area contributed by atoms with Crippen molar-refractivity contribution in [1.82, 2.24) is 15.2 Å². The van der Waals surface area contributed by atoms with Crippen LogP contribution in [0.3, 0.4) is 0 Å². The lowest BCUT2D eigenvalue weighted by molar-refractivity contribution is 0.0933. The van der Waals surface area contributed by atoms with Crippen LogP contribution in [0.4, 0.5) is 5.82 Å². The summed E-state index contributed by atoms with van der Waals surface area (Å²) in [7, 11) is 4.14. The average Bonchev–Trinajstić information content (AvgIpc) is 2.80. The van der Waals surface area contributed by atoms with Crippen molar-refractivity contribution in [1.29, 1.82) is 0 Å². The lowest BCUT2D eigenvalue weighted by Crippen LogP contribution is -2.34. The van der Waals surface area contributed by atoms with Gasteiger partial charge in [0.15, 0.2) is 0 Å². The lowest BCUT2D eigenvalue weighted by atomic mass is 10.1. The lowest BCUT2D eigenvalue weighted by Gasteiger charge is -2.16. The predicted molar refractivity (Wildman–Crippen MR) is 94.9 cm³/mol. The molecule has 0 spiro atoms. The Morgan fingerprint density at radius 2 is 1.96 bits per heavy atom. The van der Waals surface area contributed by atoms with E-state index in [4.69, 9.17) is 0 Å². The number of pyridine rings is 1. The fraction of sp³-hybridized carbons (Fsp3) is 0.667. The van der Waals surface area contributed by atoms with Crippen LogP contribution in [0.5, 0.6) is 0 Å². The van der Waals surface area contributed by atoms with Crippen molar-refractivity contribution in [3.8, 4) is 0 Å². The van der Waals surface area contributed by atoms with Gasteiger partial charge in [-0.15, -0.1) is 0 Å². The van der Waals surface area contributed by atoms with Crippen LogP contribution in [0.1, 0.15) is 55.3 Å². The first kappa shape index (κ1) is 17.7. The second-order valence-corrected chi connectivity index (χ2v) is 6.68. The molecule has 0 unspecified atom stereocenters. The second kappa shape index (κ2) is 9.50. The van der Waals surface area contributed by atoms with E-state index in [0.717, 1.165) is 38.2 Å². The number of anilines is 1. The number of hydrogen-bond acceptors (Lipinski definition) is 4. The van der Waals surface area contributed by atoms with Gasteiger partial charge in [-0.05, 0) is 52.0 Å². The summed E-state index contributed by atoms with van der Waals surface area (Å²) >= 11 is 0. The van der Waals surface area contributed by atoms with Gasteiger partial charge in [0.1, 0.15) is 5.82 Å². The SMILES string of the molecule is CN(C)CCCNc1ccc(C(=O)NC2CCCCCC2)cn1. The van der Waals surface area contributed by atoms with E-state index in [1.165, 1.54) is 25.7 Å². The minimum absolute atomic E-state index is 0.00329. The molecular formula is C18H30N4O. The third-order valence-electron chi connectivity index (χ3n) is 4.30. The molecule has 1 amide bonds. The number of hydrogen-bond donors (Lipinski definition) is 2. The summed E-state index contributed by atoms with van der Waals surface area (Å²) in [5.41, 5.74) is 0.646. The number of aromatic nitrogens is 1. The third-order valence-corrected chi connectivity index (χ3v) is 4.30. The predicted octanol–water partition coefficient (Wildman–Crippen LogP) is 2.90. The van der Waals surface area contributed by atoms with Crippen LogP contribution in [0.15, 0.2) is 18.3 Å². The zero-order valence-electron chi connectivity index (χ0n) is 14.5. The maximum atomic E-state index is 12.3. The number of nitrogens with zero attached hydrogens (tertiary/aromatic N) is 2. The molecule has 1 aromatic rings. The summed E-state index contributed by atoms with van der Waals surface area (Å²) in [5.74, 6) is 0.832. The van der Waals surface area contributed by atoms with Crippen LogP contribution < -0.4 is 10.6 Å². The normalized spacial score (nSPS) is 16.1. The zero-order chi connectivity index (χ0) is 16.5. The highest BCUT2D eigenvalue weighted by atomic mass is 16.1. The Bertz CT molecular complexity index is 464. The fourth-order valence-corrected chi connectivity index (χ4v) is 2.94. The minimum Gasteiger partial charge on any atom is -0.370 e. The van der Waals surface area contributed by atoms with Gasteiger partial charge in [-0.25, -0.2) is 4.98 Å². The molecule has 0 aliphatic heterocycles. The van der Waals surface area contributed by atoms with E-state index >= 15 is 0 Å². The number of rotatable bonds is 7. The topological polar surface area (TPSA) is 57.3 Å². The Morgan fingerprint density at radius 1 is 1.22 bits per heavy atom. The van der Waals surface area contributed by atoms with Gasteiger partial charge in [-0.1, -0.05) is 25.7 Å². The summed E-state index contributed by atoms with van der Waals surface area (Å²) in [5, 5.41) is 6.44. The first-order chi connectivity index (χ1) is 11.1. The van der Waals surface area contributed by atoms with Gasteiger partial charge < -0.3 is 15.5 Å². The molecule has 1 aromatic heterocycles. The minimum atomic E-state index is 0.00329. The summed E-state index contributed by atoms with van der Waals surface area (Å²) in [6.45, 7) is 1.94. The summed E-state index contributed by atoms with van der Waals surface area (Å²) in [6.07, 6.45) is 9.97. The Hall–Kier alpha value is -1.62. The Labute approximate surface area is 139 Å². The highest BCUT2D eigenvalue weighted by molar-refractivity contribution is 5.94. The zero-order valence-corrected chi connectivity index (χ0v) is 14.5. The van der Waals surface area contributed by atoms with Crippen molar-refractivity contribution in [2.24, 2.45) is 0 Å². The van der Waals surface area contributed by atoms with Crippen molar-refractivity contribution in [3.63, 3.8) is 0 Å². The molecule has 1 aliphatic carbocycles. The number of carbonyl (C=O) groups excluding carboxylic acids is 1. The molecule has 1 saturated carbocycles. The molecule has 0 saturated heterocycles. The Balaban J connectivity index is 1.77. The first-order valence-electron chi connectivity index (χ1n) is 8.80. The van der Waals surface area contributed by atoms with E-state index in [2.05, 4.69) is 34.6 Å². The van der Waals surface area contributed by atoms with Gasteiger partial charge in [0.05, 0.1) is 5.56 Å². The molecule has 0 aromatic carbocycles. The van der Waals surface area contributed by atoms with Crippen LogP contribution in [-0.2, 0) is 0 Å². The van der Waals surface area contributed by atoms with Crippen molar-refractivity contribution < 1.29 is 4.79 Å². The van der Waals surface area contributed by atoms with Crippen molar-refractivity contribution in [3.05, 3.63) is 23.9 Å². The monoisotopic (exact) mass is 318 g/mol. The van der Waals surface area contributed by atoms with E-state index in [9.17, 15) is 4.79 Å². The molecule has 23 heavy (non-hydrogen) atoms. The van der Waals surface area contributed by atoms with Gasteiger partial charge in [-0.3, -0.25) is 4.79 Å². The fourth-order valence-electron chi connectivity index (χ4n) is 2.94. The average molecular weight is 318 g/mol. The molecule has 128 valence electrons. The van der Waals surface area contributed by atoms with Crippen LogP contribution >= 0.6 is 0 Å². The third kappa shape index (κ3) is 6.57. The Kier molecular flexibility index (Phi) is 7.33. The largest absolute Gasteiger partial charge is 0.370 e. The van der Waals surface area contributed by atoms with E-state index in [-0.39, 0.29) is 5.91 Å². The van der Waals surface area contributed by atoms with Gasteiger partial charge in [0.25, 0.3) is 5.91 Å². The molecule has 5 heteroatoms. The van der Waals surface area contributed by atoms with E-state index in [1.807, 2.05) is 12.1 Å². The maximum absolute atomic E-state index is 12.3. The number of amides is 1. The maximum Gasteiger partial charge on any atom is 0.253 e. The van der Waals surface area contributed by atoms with Crippen molar-refractivity contribution in [2.45, 2.75) is 51.0 Å². The van der Waals surface area contributed by atoms with Crippen molar-refractivity contribution >= 4 is 11.7 Å². The van der Waals surface area contributed by atoms with E-state index in [1.54, 1.807) is 6.20 Å². The summed E-state index contributed by atoms with van der Waals surface area (Å²) < 4.78 is 0. The quantitative estimate of drug-likeness (QED) is 0.599. The molecule has 1 heterocycles. The van der Waals surface area contributed by atoms with E-state index < -0.39 is 0 Å². The van der Waals surface area contributed by atoms with Gasteiger partial charge >= 0.3 is 0 Å².